The van der Waals surface area contributed by atoms with E-state index in [1.807, 2.05) is 6.20 Å². The minimum absolute atomic E-state index is 0.321. The molecule has 1 aliphatic rings. The predicted molar refractivity (Wildman–Crippen MR) is 43.0 cm³/mol. The molecule has 1 aromatic rings. The molecule has 2 rings (SSSR count). The van der Waals surface area contributed by atoms with Crippen molar-refractivity contribution >= 4 is 0 Å². The number of nitrogens with one attached hydrogen (secondary N) is 1. The Morgan fingerprint density at radius 1 is 1.73 bits per heavy atom. The molecule has 3 N–H and O–H groups in total. The zero-order valence-electron chi connectivity index (χ0n) is 6.46. The summed E-state index contributed by atoms with van der Waals surface area (Å²) in [5, 5.41) is 0. The molecule has 1 aromatic heterocycles. The minimum Gasteiger partial charge on any atom is -0.349 e. The van der Waals surface area contributed by atoms with Crippen LogP contribution >= 0.6 is 0 Å². The molecule has 1 heterocycles. The van der Waals surface area contributed by atoms with E-state index in [0.29, 0.717) is 6.04 Å². The number of aromatic nitrogens is 2. The zero-order valence-corrected chi connectivity index (χ0v) is 6.46. The molecule has 11 heavy (non-hydrogen) atoms. The first kappa shape index (κ1) is 6.85. The number of H-pyrrole nitrogens is 1. The van der Waals surface area contributed by atoms with E-state index in [-0.39, 0.29) is 0 Å². The third kappa shape index (κ3) is 1.60. The van der Waals surface area contributed by atoms with Gasteiger partial charge in [0.1, 0.15) is 5.82 Å². The molecule has 0 saturated heterocycles. The molecule has 3 heteroatoms. The highest BCUT2D eigenvalue weighted by Crippen LogP contribution is 2.32. The average molecular weight is 151 g/mol. The smallest absolute Gasteiger partial charge is 0.107 e. The Labute approximate surface area is 66.0 Å². The van der Waals surface area contributed by atoms with Crippen molar-refractivity contribution in [2.75, 3.05) is 0 Å². The molecule has 0 radical (unpaired) electrons. The highest BCUT2D eigenvalue weighted by atomic mass is 14.9. The first-order valence-corrected chi connectivity index (χ1v) is 4.10. The second-order valence-corrected chi connectivity index (χ2v) is 3.24. The molecular weight excluding hydrogens is 138 g/mol. The molecular formula is C8H13N3. The summed E-state index contributed by atoms with van der Waals surface area (Å²) in [6, 6.07) is 0.321. The third-order valence-corrected chi connectivity index (χ3v) is 2.21. The predicted octanol–water partition coefficient (Wildman–Crippen LogP) is 0.689. The normalized spacial score (nSPS) is 20.1. The molecule has 0 aliphatic heterocycles. The van der Waals surface area contributed by atoms with Gasteiger partial charge in [-0.3, -0.25) is 0 Å². The third-order valence-electron chi connectivity index (χ3n) is 2.21. The van der Waals surface area contributed by atoms with Gasteiger partial charge in [0.25, 0.3) is 0 Å². The molecule has 0 spiro atoms. The van der Waals surface area contributed by atoms with E-state index in [1.165, 1.54) is 12.8 Å². The van der Waals surface area contributed by atoms with Gasteiger partial charge in [0.2, 0.25) is 0 Å². The highest BCUT2D eigenvalue weighted by Gasteiger charge is 2.28. The Morgan fingerprint density at radius 2 is 2.55 bits per heavy atom. The Hall–Kier alpha value is -0.830. The van der Waals surface area contributed by atoms with Gasteiger partial charge in [-0.25, -0.2) is 4.98 Å². The van der Waals surface area contributed by atoms with E-state index in [4.69, 9.17) is 5.73 Å². The lowest BCUT2D eigenvalue weighted by atomic mass is 10.1. The summed E-state index contributed by atoms with van der Waals surface area (Å²) in [5.41, 5.74) is 5.91. The van der Waals surface area contributed by atoms with Crippen LogP contribution in [0.25, 0.3) is 0 Å². The largest absolute Gasteiger partial charge is 0.349 e. The monoisotopic (exact) mass is 151 g/mol. The van der Waals surface area contributed by atoms with Crippen molar-refractivity contribution in [3.63, 3.8) is 0 Å². The summed E-state index contributed by atoms with van der Waals surface area (Å²) in [4.78, 5) is 7.19. The summed E-state index contributed by atoms with van der Waals surface area (Å²) < 4.78 is 0. The van der Waals surface area contributed by atoms with Gasteiger partial charge >= 0.3 is 0 Å². The first-order chi connectivity index (χ1) is 5.36. The van der Waals surface area contributed by atoms with E-state index in [2.05, 4.69) is 9.97 Å². The van der Waals surface area contributed by atoms with E-state index < -0.39 is 0 Å². The summed E-state index contributed by atoms with van der Waals surface area (Å²) in [6.45, 7) is 0. The second kappa shape index (κ2) is 2.66. The Balaban J connectivity index is 1.89. The molecule has 1 atom stereocenters. The van der Waals surface area contributed by atoms with Crippen molar-refractivity contribution in [3.05, 3.63) is 18.2 Å². The summed E-state index contributed by atoms with van der Waals surface area (Å²) in [6.07, 6.45) is 7.13. The topological polar surface area (TPSA) is 54.7 Å². The van der Waals surface area contributed by atoms with Gasteiger partial charge in [-0.1, -0.05) is 0 Å². The maximum absolute atomic E-state index is 5.91. The fourth-order valence-electron chi connectivity index (χ4n) is 1.32. The first-order valence-electron chi connectivity index (χ1n) is 4.10. The number of aromatic amines is 1. The number of hydrogen-bond donors (Lipinski definition) is 2. The zero-order chi connectivity index (χ0) is 7.68. The van der Waals surface area contributed by atoms with Gasteiger partial charge in [0, 0.05) is 24.9 Å². The van der Waals surface area contributed by atoms with Gasteiger partial charge in [-0.2, -0.15) is 0 Å². The van der Waals surface area contributed by atoms with Gasteiger partial charge in [-0.15, -0.1) is 0 Å². The van der Waals surface area contributed by atoms with Gasteiger partial charge in [0.05, 0.1) is 0 Å². The van der Waals surface area contributed by atoms with Crippen LogP contribution in [0.15, 0.2) is 12.4 Å². The molecule has 0 bridgehead atoms. The lowest BCUT2D eigenvalue weighted by Crippen LogP contribution is -2.25. The van der Waals surface area contributed by atoms with Crippen molar-refractivity contribution in [3.8, 4) is 0 Å². The van der Waals surface area contributed by atoms with Gasteiger partial charge in [0.15, 0.2) is 0 Å². The number of nitrogens with two attached hydrogens (primary N) is 1. The average Bonchev–Trinajstić information content (AvgIpc) is 2.73. The van der Waals surface area contributed by atoms with E-state index in [0.717, 1.165) is 18.2 Å². The SMILES string of the molecule is NC(Cc1ncc[nH]1)C1CC1. The van der Waals surface area contributed by atoms with E-state index in [9.17, 15) is 0 Å². The summed E-state index contributed by atoms with van der Waals surface area (Å²) in [5.74, 6) is 1.78. The van der Waals surface area contributed by atoms with Crippen LogP contribution in [0, 0.1) is 5.92 Å². The fourth-order valence-corrected chi connectivity index (χ4v) is 1.32. The lowest BCUT2D eigenvalue weighted by Gasteiger charge is -2.06. The van der Waals surface area contributed by atoms with Crippen LogP contribution < -0.4 is 5.73 Å². The highest BCUT2D eigenvalue weighted by molar-refractivity contribution is 4.95. The van der Waals surface area contributed by atoms with Crippen LogP contribution in [0.1, 0.15) is 18.7 Å². The maximum atomic E-state index is 5.91. The van der Waals surface area contributed by atoms with Crippen LogP contribution in [0.2, 0.25) is 0 Å². The molecule has 3 nitrogen and oxygen atoms in total. The quantitative estimate of drug-likeness (QED) is 0.667. The van der Waals surface area contributed by atoms with E-state index >= 15 is 0 Å². The van der Waals surface area contributed by atoms with Crippen LogP contribution in [-0.4, -0.2) is 16.0 Å². The van der Waals surface area contributed by atoms with Crippen molar-refractivity contribution in [1.29, 1.82) is 0 Å². The van der Waals surface area contributed by atoms with Crippen LogP contribution in [0.5, 0.6) is 0 Å². The lowest BCUT2D eigenvalue weighted by molar-refractivity contribution is 0.578. The van der Waals surface area contributed by atoms with Crippen LogP contribution in [0.3, 0.4) is 0 Å². The van der Waals surface area contributed by atoms with Gasteiger partial charge in [-0.05, 0) is 18.8 Å². The Bertz CT molecular complexity index is 213. The molecule has 0 aromatic carbocycles. The molecule has 1 aliphatic carbocycles. The molecule has 60 valence electrons. The number of rotatable bonds is 3. The molecule has 1 saturated carbocycles. The summed E-state index contributed by atoms with van der Waals surface area (Å²) >= 11 is 0. The number of imidazole rings is 1. The second-order valence-electron chi connectivity index (χ2n) is 3.24. The van der Waals surface area contributed by atoms with Crippen molar-refractivity contribution < 1.29 is 0 Å². The van der Waals surface area contributed by atoms with Crippen LogP contribution in [-0.2, 0) is 6.42 Å². The fraction of sp³-hybridized carbons (Fsp3) is 0.625. The van der Waals surface area contributed by atoms with E-state index in [1.54, 1.807) is 6.20 Å². The van der Waals surface area contributed by atoms with Crippen LogP contribution in [0.4, 0.5) is 0 Å². The number of hydrogen-bond acceptors (Lipinski definition) is 2. The standard InChI is InChI=1S/C8H13N3/c9-7(6-1-2-6)5-8-10-3-4-11-8/h3-4,6-7H,1-2,5,9H2,(H,10,11). The Morgan fingerprint density at radius 3 is 3.09 bits per heavy atom. The summed E-state index contributed by atoms with van der Waals surface area (Å²) in [7, 11) is 0. The van der Waals surface area contributed by atoms with Crippen molar-refractivity contribution in [2.24, 2.45) is 11.7 Å². The molecule has 1 unspecified atom stereocenters. The Kier molecular flexibility index (Phi) is 1.66. The molecule has 1 fully saturated rings. The minimum atomic E-state index is 0.321. The van der Waals surface area contributed by atoms with Crippen molar-refractivity contribution in [2.45, 2.75) is 25.3 Å². The maximum Gasteiger partial charge on any atom is 0.107 e. The van der Waals surface area contributed by atoms with Crippen molar-refractivity contribution in [1.82, 2.24) is 9.97 Å². The molecule has 0 amide bonds. The van der Waals surface area contributed by atoms with Gasteiger partial charge < -0.3 is 10.7 Å². The number of nitrogens with zero attached hydrogens (tertiary/aromatic N) is 1.